The molecule has 1 fully saturated rings. The van der Waals surface area contributed by atoms with Crippen molar-refractivity contribution in [3.8, 4) is 0 Å². The first-order valence-electron chi connectivity index (χ1n) is 7.14. The standard InChI is InChI=1S/C15H20N2O4/c1-10-5-7-15(8-6-10,14(20)21)9-16-13(19)11-3-2-4-12(18)17-11/h2-4,10H,5-9H2,1H3,(H,16,19)(H,17,18)(H,20,21). The summed E-state index contributed by atoms with van der Waals surface area (Å²) in [5, 5.41) is 12.1. The maximum atomic E-state index is 12.0. The van der Waals surface area contributed by atoms with Crippen LogP contribution in [0.4, 0.5) is 0 Å². The van der Waals surface area contributed by atoms with Gasteiger partial charge in [-0.3, -0.25) is 14.4 Å². The van der Waals surface area contributed by atoms with Crippen LogP contribution in [0.5, 0.6) is 0 Å². The Morgan fingerprint density at radius 3 is 2.62 bits per heavy atom. The number of H-pyrrole nitrogens is 1. The predicted molar refractivity (Wildman–Crippen MR) is 77.1 cm³/mol. The van der Waals surface area contributed by atoms with Crippen LogP contribution >= 0.6 is 0 Å². The van der Waals surface area contributed by atoms with Gasteiger partial charge in [0.05, 0.1) is 5.41 Å². The van der Waals surface area contributed by atoms with Crippen molar-refractivity contribution in [3.05, 3.63) is 34.2 Å². The quantitative estimate of drug-likeness (QED) is 0.780. The lowest BCUT2D eigenvalue weighted by Crippen LogP contribution is -2.45. The van der Waals surface area contributed by atoms with Crippen LogP contribution in [0.15, 0.2) is 23.0 Å². The molecular formula is C15H20N2O4. The number of aliphatic carboxylic acids is 1. The normalized spacial score (nSPS) is 25.3. The summed E-state index contributed by atoms with van der Waals surface area (Å²) in [5.41, 5.74) is -1.11. The second-order valence-corrected chi connectivity index (χ2v) is 5.88. The summed E-state index contributed by atoms with van der Waals surface area (Å²) >= 11 is 0. The van der Waals surface area contributed by atoms with Crippen LogP contribution in [-0.2, 0) is 4.79 Å². The van der Waals surface area contributed by atoms with Crippen LogP contribution < -0.4 is 10.9 Å². The van der Waals surface area contributed by atoms with E-state index in [9.17, 15) is 19.5 Å². The lowest BCUT2D eigenvalue weighted by Gasteiger charge is -2.35. The molecule has 0 saturated heterocycles. The van der Waals surface area contributed by atoms with E-state index in [0.717, 1.165) is 12.8 Å². The van der Waals surface area contributed by atoms with Crippen LogP contribution in [0.1, 0.15) is 43.1 Å². The molecule has 1 aromatic heterocycles. The number of carboxylic acids is 1. The Hall–Kier alpha value is -2.11. The molecule has 1 heterocycles. The molecule has 0 radical (unpaired) electrons. The number of aromatic nitrogens is 1. The smallest absolute Gasteiger partial charge is 0.311 e. The van der Waals surface area contributed by atoms with Gasteiger partial charge >= 0.3 is 5.97 Å². The first-order valence-corrected chi connectivity index (χ1v) is 7.14. The highest BCUT2D eigenvalue weighted by Crippen LogP contribution is 2.38. The van der Waals surface area contributed by atoms with Crippen LogP contribution in [0.2, 0.25) is 0 Å². The summed E-state index contributed by atoms with van der Waals surface area (Å²) in [7, 11) is 0. The van der Waals surface area contributed by atoms with E-state index in [2.05, 4.69) is 17.2 Å². The molecule has 0 aromatic carbocycles. The summed E-state index contributed by atoms with van der Waals surface area (Å²) in [6.45, 7) is 2.20. The molecular weight excluding hydrogens is 272 g/mol. The summed E-state index contributed by atoms with van der Waals surface area (Å²) in [5.74, 6) is -0.790. The van der Waals surface area contributed by atoms with Gasteiger partial charge in [0.1, 0.15) is 5.69 Å². The molecule has 0 unspecified atom stereocenters. The lowest BCUT2D eigenvalue weighted by atomic mass is 9.71. The summed E-state index contributed by atoms with van der Waals surface area (Å²) < 4.78 is 0. The van der Waals surface area contributed by atoms with Crippen LogP contribution in [0.25, 0.3) is 0 Å². The first kappa shape index (κ1) is 15.3. The van der Waals surface area contributed by atoms with Crippen molar-refractivity contribution in [2.75, 3.05) is 6.54 Å². The SMILES string of the molecule is CC1CCC(CNC(=O)c2cccc(=O)[nH]2)(C(=O)O)CC1. The van der Waals surface area contributed by atoms with Crippen molar-refractivity contribution in [3.63, 3.8) is 0 Å². The molecule has 1 aromatic rings. The van der Waals surface area contributed by atoms with Crippen LogP contribution in [0, 0.1) is 11.3 Å². The molecule has 3 N–H and O–H groups in total. The molecule has 1 saturated carbocycles. The Labute approximate surface area is 122 Å². The maximum absolute atomic E-state index is 12.0. The molecule has 6 heteroatoms. The molecule has 0 atom stereocenters. The Balaban J connectivity index is 2.04. The van der Waals surface area contributed by atoms with E-state index < -0.39 is 17.3 Å². The average molecular weight is 292 g/mol. The first-order chi connectivity index (χ1) is 9.93. The second kappa shape index (κ2) is 6.11. The molecule has 0 bridgehead atoms. The molecule has 1 amide bonds. The predicted octanol–water partition coefficient (Wildman–Crippen LogP) is 1.39. The molecule has 21 heavy (non-hydrogen) atoms. The zero-order valence-corrected chi connectivity index (χ0v) is 12.0. The number of pyridine rings is 1. The largest absolute Gasteiger partial charge is 0.481 e. The third-order valence-corrected chi connectivity index (χ3v) is 4.29. The molecule has 0 spiro atoms. The van der Waals surface area contributed by atoms with E-state index in [1.54, 1.807) is 0 Å². The average Bonchev–Trinajstić information content (AvgIpc) is 2.46. The zero-order chi connectivity index (χ0) is 15.5. The molecule has 0 aliphatic heterocycles. The van der Waals surface area contributed by atoms with E-state index in [1.165, 1.54) is 18.2 Å². The third kappa shape index (κ3) is 3.51. The fraction of sp³-hybridized carbons (Fsp3) is 0.533. The monoisotopic (exact) mass is 292 g/mol. The van der Waals surface area contributed by atoms with E-state index in [4.69, 9.17) is 0 Å². The maximum Gasteiger partial charge on any atom is 0.311 e. The number of hydrogen-bond donors (Lipinski definition) is 3. The molecule has 2 rings (SSSR count). The summed E-state index contributed by atoms with van der Waals surface area (Å²) in [6.07, 6.45) is 2.83. The summed E-state index contributed by atoms with van der Waals surface area (Å²) in [6, 6.07) is 4.30. The molecule has 114 valence electrons. The number of amides is 1. The number of carboxylic acid groups (broad SMARTS) is 1. The van der Waals surface area contributed by atoms with Gasteiger partial charge in [-0.25, -0.2) is 0 Å². The Morgan fingerprint density at radius 2 is 2.05 bits per heavy atom. The fourth-order valence-electron chi connectivity index (χ4n) is 2.71. The van der Waals surface area contributed by atoms with E-state index in [-0.39, 0.29) is 17.8 Å². The van der Waals surface area contributed by atoms with Crippen molar-refractivity contribution < 1.29 is 14.7 Å². The highest BCUT2D eigenvalue weighted by molar-refractivity contribution is 5.92. The molecule has 1 aliphatic rings. The highest BCUT2D eigenvalue weighted by atomic mass is 16.4. The van der Waals surface area contributed by atoms with Crippen molar-refractivity contribution in [2.24, 2.45) is 11.3 Å². The Bertz CT molecular complexity index is 585. The number of carbonyl (C=O) groups is 2. The van der Waals surface area contributed by atoms with Gasteiger partial charge in [-0.15, -0.1) is 0 Å². The van der Waals surface area contributed by atoms with E-state index in [1.807, 2.05) is 0 Å². The fourth-order valence-corrected chi connectivity index (χ4v) is 2.71. The minimum atomic E-state index is -0.892. The number of carbonyl (C=O) groups excluding carboxylic acids is 1. The highest BCUT2D eigenvalue weighted by Gasteiger charge is 2.41. The van der Waals surface area contributed by atoms with Gasteiger partial charge in [-0.05, 0) is 37.7 Å². The minimum absolute atomic E-state index is 0.0881. The number of rotatable bonds is 4. The molecule has 1 aliphatic carbocycles. The van der Waals surface area contributed by atoms with Crippen molar-refractivity contribution >= 4 is 11.9 Å². The topological polar surface area (TPSA) is 99.3 Å². The minimum Gasteiger partial charge on any atom is -0.481 e. The van der Waals surface area contributed by atoms with Crippen LogP contribution in [-0.4, -0.2) is 28.5 Å². The van der Waals surface area contributed by atoms with Crippen molar-refractivity contribution in [1.29, 1.82) is 0 Å². The van der Waals surface area contributed by atoms with Gasteiger partial charge in [0.25, 0.3) is 5.91 Å². The van der Waals surface area contributed by atoms with Crippen LogP contribution in [0.3, 0.4) is 0 Å². The lowest BCUT2D eigenvalue weighted by molar-refractivity contribution is -0.151. The van der Waals surface area contributed by atoms with Crippen molar-refractivity contribution in [1.82, 2.24) is 10.3 Å². The zero-order valence-electron chi connectivity index (χ0n) is 12.0. The van der Waals surface area contributed by atoms with Crippen molar-refractivity contribution in [2.45, 2.75) is 32.6 Å². The van der Waals surface area contributed by atoms with E-state index >= 15 is 0 Å². The summed E-state index contributed by atoms with van der Waals surface area (Å²) in [4.78, 5) is 37.2. The molecule has 6 nitrogen and oxygen atoms in total. The number of aromatic amines is 1. The third-order valence-electron chi connectivity index (χ3n) is 4.29. The van der Waals surface area contributed by atoms with E-state index in [0.29, 0.717) is 18.8 Å². The van der Waals surface area contributed by atoms with Gasteiger partial charge in [0.15, 0.2) is 0 Å². The van der Waals surface area contributed by atoms with Gasteiger partial charge < -0.3 is 15.4 Å². The Kier molecular flexibility index (Phi) is 4.45. The van der Waals surface area contributed by atoms with Gasteiger partial charge in [0, 0.05) is 12.6 Å². The number of nitrogens with one attached hydrogen (secondary N) is 2. The number of hydrogen-bond acceptors (Lipinski definition) is 3. The Morgan fingerprint density at radius 1 is 1.38 bits per heavy atom. The van der Waals surface area contributed by atoms with Gasteiger partial charge in [-0.1, -0.05) is 13.0 Å². The second-order valence-electron chi connectivity index (χ2n) is 5.88. The van der Waals surface area contributed by atoms with Gasteiger partial charge in [0.2, 0.25) is 5.56 Å². The van der Waals surface area contributed by atoms with Gasteiger partial charge in [-0.2, -0.15) is 0 Å².